The van der Waals surface area contributed by atoms with Crippen molar-refractivity contribution in [1.82, 2.24) is 5.32 Å². The Labute approximate surface area is 130 Å². The number of ether oxygens (including phenoxy) is 2. The summed E-state index contributed by atoms with van der Waals surface area (Å²) in [6, 6.07) is 8.58. The van der Waals surface area contributed by atoms with Gasteiger partial charge in [0.25, 0.3) is 0 Å². The molecule has 2 atom stereocenters. The number of rotatable bonds is 10. The van der Waals surface area contributed by atoms with Gasteiger partial charge in [0.1, 0.15) is 5.75 Å². The van der Waals surface area contributed by atoms with Crippen LogP contribution in [0.2, 0.25) is 0 Å². The number of methoxy groups -OCH3 is 1. The van der Waals surface area contributed by atoms with Crippen molar-refractivity contribution >= 4 is 0 Å². The lowest BCUT2D eigenvalue weighted by atomic mass is 9.97. The van der Waals surface area contributed by atoms with Crippen LogP contribution in [0.15, 0.2) is 24.3 Å². The van der Waals surface area contributed by atoms with Crippen molar-refractivity contribution in [2.24, 2.45) is 0 Å². The summed E-state index contributed by atoms with van der Waals surface area (Å²) in [4.78, 5) is 0. The van der Waals surface area contributed by atoms with Crippen molar-refractivity contribution in [3.05, 3.63) is 29.8 Å². The molecule has 1 rings (SSSR count). The number of hydrogen-bond acceptors (Lipinski definition) is 3. The molecule has 2 unspecified atom stereocenters. The third-order valence-corrected chi connectivity index (χ3v) is 3.45. The third-order valence-electron chi connectivity index (χ3n) is 3.45. The van der Waals surface area contributed by atoms with E-state index in [4.69, 9.17) is 9.47 Å². The van der Waals surface area contributed by atoms with E-state index in [9.17, 15) is 0 Å². The van der Waals surface area contributed by atoms with E-state index in [0.29, 0.717) is 0 Å². The van der Waals surface area contributed by atoms with Gasteiger partial charge in [0.05, 0.1) is 18.2 Å². The van der Waals surface area contributed by atoms with Crippen LogP contribution in [0, 0.1) is 0 Å². The third kappa shape index (κ3) is 6.06. The van der Waals surface area contributed by atoms with E-state index < -0.39 is 0 Å². The Kier molecular flexibility index (Phi) is 8.40. The van der Waals surface area contributed by atoms with Crippen molar-refractivity contribution in [1.29, 1.82) is 0 Å². The molecule has 0 heterocycles. The molecule has 21 heavy (non-hydrogen) atoms. The van der Waals surface area contributed by atoms with Gasteiger partial charge in [-0.25, -0.2) is 0 Å². The monoisotopic (exact) mass is 293 g/mol. The van der Waals surface area contributed by atoms with Gasteiger partial charge in [0, 0.05) is 7.11 Å². The minimum atomic E-state index is 0.191. The Morgan fingerprint density at radius 3 is 2.48 bits per heavy atom. The lowest BCUT2D eigenvalue weighted by Gasteiger charge is -2.28. The predicted octanol–water partition coefficient (Wildman–Crippen LogP) is 4.33. The summed E-state index contributed by atoms with van der Waals surface area (Å²) in [6.07, 6.45) is 3.66. The zero-order valence-electron chi connectivity index (χ0n) is 14.2. The summed E-state index contributed by atoms with van der Waals surface area (Å²) in [5.41, 5.74) is 1.24. The van der Waals surface area contributed by atoms with Gasteiger partial charge < -0.3 is 14.8 Å². The predicted molar refractivity (Wildman–Crippen MR) is 88.9 cm³/mol. The van der Waals surface area contributed by atoms with Crippen molar-refractivity contribution in [3.63, 3.8) is 0 Å². The second-order valence-electron chi connectivity index (χ2n) is 5.73. The fourth-order valence-electron chi connectivity index (χ4n) is 2.52. The molecule has 0 aliphatic rings. The number of benzene rings is 1. The minimum absolute atomic E-state index is 0.191. The molecular weight excluding hydrogens is 262 g/mol. The summed E-state index contributed by atoms with van der Waals surface area (Å²) in [5.74, 6) is 0.928. The van der Waals surface area contributed by atoms with Crippen molar-refractivity contribution in [2.75, 3.05) is 13.7 Å². The smallest absolute Gasteiger partial charge is 0.120 e. The van der Waals surface area contributed by atoms with Gasteiger partial charge in [0.15, 0.2) is 0 Å². The molecule has 0 saturated carbocycles. The lowest BCUT2D eigenvalue weighted by Crippen LogP contribution is -2.33. The van der Waals surface area contributed by atoms with E-state index in [1.807, 2.05) is 6.07 Å². The molecule has 1 aromatic carbocycles. The van der Waals surface area contributed by atoms with E-state index >= 15 is 0 Å². The maximum absolute atomic E-state index is 5.81. The first kappa shape index (κ1) is 18.0. The number of hydrogen-bond donors (Lipinski definition) is 1. The van der Waals surface area contributed by atoms with E-state index in [2.05, 4.69) is 51.2 Å². The average Bonchev–Trinajstić information content (AvgIpc) is 2.46. The second-order valence-corrected chi connectivity index (χ2v) is 5.73. The van der Waals surface area contributed by atoms with Crippen LogP contribution in [-0.4, -0.2) is 25.9 Å². The Bertz CT molecular complexity index is 393. The molecule has 0 amide bonds. The minimum Gasteiger partial charge on any atom is -0.491 e. The van der Waals surface area contributed by atoms with Crippen molar-refractivity contribution < 1.29 is 9.47 Å². The van der Waals surface area contributed by atoms with Crippen LogP contribution in [-0.2, 0) is 4.74 Å². The van der Waals surface area contributed by atoms with Crippen molar-refractivity contribution in [3.8, 4) is 5.75 Å². The summed E-state index contributed by atoms with van der Waals surface area (Å²) >= 11 is 0. The molecule has 0 bridgehead atoms. The molecule has 1 aromatic rings. The Balaban J connectivity index is 2.95. The highest BCUT2D eigenvalue weighted by molar-refractivity contribution is 5.31. The normalized spacial score (nSPS) is 14.2. The van der Waals surface area contributed by atoms with E-state index in [0.717, 1.165) is 31.6 Å². The standard InChI is InChI=1S/C18H31NO2/c1-6-9-17(20-5)18(19-12-7-2)15-10-8-11-16(13-15)21-14(3)4/h8,10-11,13-14,17-19H,6-7,9,12H2,1-5H3. The summed E-state index contributed by atoms with van der Waals surface area (Å²) < 4.78 is 11.5. The molecule has 0 spiro atoms. The van der Waals surface area contributed by atoms with E-state index in [1.165, 1.54) is 5.56 Å². The maximum Gasteiger partial charge on any atom is 0.120 e. The summed E-state index contributed by atoms with van der Waals surface area (Å²) in [7, 11) is 1.80. The fourth-order valence-corrected chi connectivity index (χ4v) is 2.52. The molecule has 0 radical (unpaired) electrons. The first-order valence-corrected chi connectivity index (χ1v) is 8.15. The van der Waals surface area contributed by atoms with Gasteiger partial charge in [-0.15, -0.1) is 0 Å². The highest BCUT2D eigenvalue weighted by Gasteiger charge is 2.22. The van der Waals surface area contributed by atoms with Crippen LogP contribution >= 0.6 is 0 Å². The molecule has 0 aliphatic heterocycles. The van der Waals surface area contributed by atoms with Gasteiger partial charge in [-0.1, -0.05) is 32.4 Å². The number of nitrogens with one attached hydrogen (secondary N) is 1. The topological polar surface area (TPSA) is 30.5 Å². The second kappa shape index (κ2) is 9.80. The maximum atomic E-state index is 5.81. The summed E-state index contributed by atoms with van der Waals surface area (Å²) in [5, 5.41) is 3.62. The quantitative estimate of drug-likeness (QED) is 0.696. The first-order chi connectivity index (χ1) is 10.1. The Hall–Kier alpha value is -1.06. The van der Waals surface area contributed by atoms with Crippen LogP contribution in [0.25, 0.3) is 0 Å². The molecule has 1 N–H and O–H groups in total. The molecular formula is C18H31NO2. The fraction of sp³-hybridized carbons (Fsp3) is 0.667. The first-order valence-electron chi connectivity index (χ1n) is 8.15. The average molecular weight is 293 g/mol. The van der Waals surface area contributed by atoms with Gasteiger partial charge in [-0.3, -0.25) is 0 Å². The van der Waals surface area contributed by atoms with Gasteiger partial charge in [-0.05, 0) is 50.9 Å². The zero-order chi connectivity index (χ0) is 15.7. The highest BCUT2D eigenvalue weighted by atomic mass is 16.5. The van der Waals surface area contributed by atoms with Crippen molar-refractivity contribution in [2.45, 2.75) is 65.2 Å². The molecule has 3 nitrogen and oxygen atoms in total. The largest absolute Gasteiger partial charge is 0.491 e. The van der Waals surface area contributed by atoms with Crippen LogP contribution < -0.4 is 10.1 Å². The van der Waals surface area contributed by atoms with Gasteiger partial charge in [-0.2, -0.15) is 0 Å². The highest BCUT2D eigenvalue weighted by Crippen LogP contribution is 2.26. The molecule has 120 valence electrons. The van der Waals surface area contributed by atoms with Crippen LogP contribution in [0.1, 0.15) is 58.6 Å². The lowest BCUT2D eigenvalue weighted by molar-refractivity contribution is 0.0605. The zero-order valence-corrected chi connectivity index (χ0v) is 14.2. The molecule has 0 saturated heterocycles. The van der Waals surface area contributed by atoms with Crippen LogP contribution in [0.4, 0.5) is 0 Å². The summed E-state index contributed by atoms with van der Waals surface area (Å²) in [6.45, 7) is 9.47. The van der Waals surface area contributed by atoms with E-state index in [1.54, 1.807) is 7.11 Å². The molecule has 3 heteroatoms. The molecule has 0 aromatic heterocycles. The van der Waals surface area contributed by atoms with Gasteiger partial charge in [0.2, 0.25) is 0 Å². The SMILES string of the molecule is CCCNC(c1cccc(OC(C)C)c1)C(CCC)OC. The van der Waals surface area contributed by atoms with Gasteiger partial charge >= 0.3 is 0 Å². The van der Waals surface area contributed by atoms with Crippen LogP contribution in [0.3, 0.4) is 0 Å². The molecule has 0 fully saturated rings. The Morgan fingerprint density at radius 2 is 1.90 bits per heavy atom. The van der Waals surface area contributed by atoms with E-state index in [-0.39, 0.29) is 18.2 Å². The Morgan fingerprint density at radius 1 is 1.14 bits per heavy atom. The van der Waals surface area contributed by atoms with Crippen LogP contribution in [0.5, 0.6) is 5.75 Å². The molecule has 0 aliphatic carbocycles.